The molecule has 2 N–H and O–H groups in total. The Morgan fingerprint density at radius 3 is 2.38 bits per heavy atom. The van der Waals surface area contributed by atoms with Crippen molar-refractivity contribution < 1.29 is 18.8 Å². The summed E-state index contributed by atoms with van der Waals surface area (Å²) in [5, 5.41) is 9.16. The summed E-state index contributed by atoms with van der Waals surface area (Å²) in [5.74, 6) is -0.349. The molecular weight excluding hydrogens is 334 g/mol. The number of rotatable bonds is 4. The summed E-state index contributed by atoms with van der Waals surface area (Å²) < 4.78 is 9.68. The number of carbonyl (C=O) groups excluding carboxylic acids is 2. The predicted molar refractivity (Wildman–Crippen MR) is 97.1 cm³/mol. The SMILES string of the molecule is COC(=O)Nc1cccc(NC(=O)c2cc(-c3ccc(C)cc3)no2)c1. The van der Waals surface area contributed by atoms with Gasteiger partial charge >= 0.3 is 6.09 Å². The number of benzene rings is 2. The Hall–Kier alpha value is -3.61. The van der Waals surface area contributed by atoms with E-state index in [4.69, 9.17) is 4.52 Å². The van der Waals surface area contributed by atoms with E-state index in [0.29, 0.717) is 17.1 Å². The molecule has 0 radical (unpaired) electrons. The van der Waals surface area contributed by atoms with Crippen molar-refractivity contribution in [2.45, 2.75) is 6.92 Å². The smallest absolute Gasteiger partial charge is 0.411 e. The Morgan fingerprint density at radius 2 is 1.69 bits per heavy atom. The fraction of sp³-hybridized carbons (Fsp3) is 0.105. The van der Waals surface area contributed by atoms with Crippen LogP contribution < -0.4 is 10.6 Å². The summed E-state index contributed by atoms with van der Waals surface area (Å²) >= 11 is 0. The van der Waals surface area contributed by atoms with E-state index < -0.39 is 12.0 Å². The molecule has 0 saturated carbocycles. The molecule has 3 aromatic rings. The number of methoxy groups -OCH3 is 1. The lowest BCUT2D eigenvalue weighted by atomic mass is 10.1. The highest BCUT2D eigenvalue weighted by molar-refractivity contribution is 6.03. The van der Waals surface area contributed by atoms with Crippen LogP contribution in [-0.2, 0) is 4.74 Å². The summed E-state index contributed by atoms with van der Waals surface area (Å²) in [6, 6.07) is 16.0. The molecule has 0 atom stereocenters. The lowest BCUT2D eigenvalue weighted by Gasteiger charge is -2.06. The Labute approximate surface area is 150 Å². The largest absolute Gasteiger partial charge is 0.453 e. The van der Waals surface area contributed by atoms with Crippen LogP contribution in [0.15, 0.2) is 59.1 Å². The van der Waals surface area contributed by atoms with Crippen molar-refractivity contribution in [3.63, 3.8) is 0 Å². The summed E-state index contributed by atoms with van der Waals surface area (Å²) in [6.45, 7) is 1.99. The molecule has 2 aromatic carbocycles. The third-order valence-electron chi connectivity index (χ3n) is 3.63. The third kappa shape index (κ3) is 4.07. The minimum Gasteiger partial charge on any atom is -0.453 e. The molecule has 0 saturated heterocycles. The van der Waals surface area contributed by atoms with Gasteiger partial charge in [-0.25, -0.2) is 4.79 Å². The number of ether oxygens (including phenoxy) is 1. The molecule has 26 heavy (non-hydrogen) atoms. The minimum atomic E-state index is -0.591. The second-order valence-electron chi connectivity index (χ2n) is 5.59. The van der Waals surface area contributed by atoms with Gasteiger partial charge < -0.3 is 14.6 Å². The average Bonchev–Trinajstić information content (AvgIpc) is 3.13. The average molecular weight is 351 g/mol. The zero-order valence-corrected chi connectivity index (χ0v) is 14.3. The van der Waals surface area contributed by atoms with Crippen LogP contribution in [0.1, 0.15) is 16.1 Å². The second kappa shape index (κ2) is 7.52. The number of aryl methyl sites for hydroxylation is 1. The number of nitrogens with zero attached hydrogens (tertiary/aromatic N) is 1. The highest BCUT2D eigenvalue weighted by Gasteiger charge is 2.14. The van der Waals surface area contributed by atoms with Gasteiger partial charge in [0.2, 0.25) is 5.76 Å². The van der Waals surface area contributed by atoms with E-state index in [-0.39, 0.29) is 5.76 Å². The maximum Gasteiger partial charge on any atom is 0.411 e. The number of hydrogen-bond donors (Lipinski definition) is 2. The summed E-state index contributed by atoms with van der Waals surface area (Å²) in [5.41, 5.74) is 3.57. The van der Waals surface area contributed by atoms with Crippen molar-refractivity contribution in [2.75, 3.05) is 17.7 Å². The zero-order chi connectivity index (χ0) is 18.5. The molecule has 0 unspecified atom stereocenters. The summed E-state index contributed by atoms with van der Waals surface area (Å²) in [4.78, 5) is 23.6. The minimum absolute atomic E-state index is 0.0897. The van der Waals surface area contributed by atoms with Gasteiger partial charge in [0.1, 0.15) is 5.69 Å². The lowest BCUT2D eigenvalue weighted by molar-refractivity contribution is 0.0988. The van der Waals surface area contributed by atoms with Gasteiger partial charge in [-0.3, -0.25) is 10.1 Å². The van der Waals surface area contributed by atoms with Gasteiger partial charge in [0, 0.05) is 23.0 Å². The van der Waals surface area contributed by atoms with Crippen LogP contribution in [0.4, 0.5) is 16.2 Å². The van der Waals surface area contributed by atoms with Gasteiger partial charge in [0.25, 0.3) is 5.91 Å². The molecule has 0 aliphatic heterocycles. The fourth-order valence-corrected chi connectivity index (χ4v) is 2.28. The molecule has 1 heterocycles. The van der Waals surface area contributed by atoms with Gasteiger partial charge in [-0.15, -0.1) is 0 Å². The first-order valence-corrected chi connectivity index (χ1v) is 7.85. The molecule has 0 bridgehead atoms. The van der Waals surface area contributed by atoms with Crippen molar-refractivity contribution in [1.82, 2.24) is 5.16 Å². The highest BCUT2D eigenvalue weighted by Crippen LogP contribution is 2.21. The fourth-order valence-electron chi connectivity index (χ4n) is 2.28. The quantitative estimate of drug-likeness (QED) is 0.739. The molecule has 7 heteroatoms. The first kappa shape index (κ1) is 17.2. The summed E-state index contributed by atoms with van der Waals surface area (Å²) in [7, 11) is 1.27. The number of hydrogen-bond acceptors (Lipinski definition) is 5. The van der Waals surface area contributed by atoms with E-state index >= 15 is 0 Å². The van der Waals surface area contributed by atoms with Crippen LogP contribution in [0.5, 0.6) is 0 Å². The normalized spacial score (nSPS) is 10.2. The molecule has 0 spiro atoms. The molecule has 1 aromatic heterocycles. The maximum absolute atomic E-state index is 12.3. The number of aromatic nitrogens is 1. The standard InChI is InChI=1S/C19H17N3O4/c1-12-6-8-13(9-7-12)16-11-17(26-22-16)18(23)20-14-4-3-5-15(10-14)21-19(24)25-2/h3-11H,1-2H3,(H,20,23)(H,21,24). The summed E-state index contributed by atoms with van der Waals surface area (Å²) in [6.07, 6.45) is -0.591. The molecule has 7 nitrogen and oxygen atoms in total. The monoisotopic (exact) mass is 351 g/mol. The topological polar surface area (TPSA) is 93.5 Å². The number of carbonyl (C=O) groups is 2. The van der Waals surface area contributed by atoms with E-state index in [0.717, 1.165) is 11.1 Å². The highest BCUT2D eigenvalue weighted by atomic mass is 16.5. The second-order valence-corrected chi connectivity index (χ2v) is 5.59. The Balaban J connectivity index is 1.71. The van der Waals surface area contributed by atoms with E-state index in [1.54, 1.807) is 30.3 Å². The van der Waals surface area contributed by atoms with Crippen molar-refractivity contribution in [3.8, 4) is 11.3 Å². The Morgan fingerprint density at radius 1 is 1.00 bits per heavy atom. The molecule has 132 valence electrons. The van der Waals surface area contributed by atoms with Crippen molar-refractivity contribution in [1.29, 1.82) is 0 Å². The lowest BCUT2D eigenvalue weighted by Crippen LogP contribution is -2.13. The molecular formula is C19H17N3O4. The van der Waals surface area contributed by atoms with Gasteiger partial charge in [-0.1, -0.05) is 41.1 Å². The van der Waals surface area contributed by atoms with Crippen LogP contribution in [0.25, 0.3) is 11.3 Å². The third-order valence-corrected chi connectivity index (χ3v) is 3.63. The zero-order valence-electron chi connectivity index (χ0n) is 14.3. The van der Waals surface area contributed by atoms with Crippen molar-refractivity contribution >= 4 is 23.4 Å². The molecule has 0 aliphatic rings. The molecule has 3 rings (SSSR count). The maximum atomic E-state index is 12.3. The Kier molecular flexibility index (Phi) is 4.98. The van der Waals surface area contributed by atoms with Crippen LogP contribution in [0.3, 0.4) is 0 Å². The van der Waals surface area contributed by atoms with Crippen LogP contribution in [-0.4, -0.2) is 24.3 Å². The van der Waals surface area contributed by atoms with Gasteiger partial charge in [-0.05, 0) is 25.1 Å². The first-order chi connectivity index (χ1) is 12.5. The molecule has 0 fully saturated rings. The number of anilines is 2. The predicted octanol–water partition coefficient (Wildman–Crippen LogP) is 4.08. The van der Waals surface area contributed by atoms with Gasteiger partial charge in [-0.2, -0.15) is 0 Å². The van der Waals surface area contributed by atoms with E-state index in [2.05, 4.69) is 20.5 Å². The number of amides is 2. The number of nitrogens with one attached hydrogen (secondary N) is 2. The van der Waals surface area contributed by atoms with Gasteiger partial charge in [0.05, 0.1) is 7.11 Å². The van der Waals surface area contributed by atoms with Crippen LogP contribution in [0, 0.1) is 6.92 Å². The van der Waals surface area contributed by atoms with Gasteiger partial charge in [0.15, 0.2) is 0 Å². The van der Waals surface area contributed by atoms with Crippen LogP contribution in [0.2, 0.25) is 0 Å². The molecule has 0 aliphatic carbocycles. The first-order valence-electron chi connectivity index (χ1n) is 7.85. The van der Waals surface area contributed by atoms with Crippen molar-refractivity contribution in [3.05, 3.63) is 65.9 Å². The van der Waals surface area contributed by atoms with E-state index in [1.807, 2.05) is 31.2 Å². The van der Waals surface area contributed by atoms with Crippen molar-refractivity contribution in [2.24, 2.45) is 0 Å². The Bertz CT molecular complexity index is 932. The van der Waals surface area contributed by atoms with E-state index in [1.165, 1.54) is 7.11 Å². The van der Waals surface area contributed by atoms with Crippen LogP contribution >= 0.6 is 0 Å². The molecule has 2 amide bonds. The van der Waals surface area contributed by atoms with E-state index in [9.17, 15) is 9.59 Å².